The summed E-state index contributed by atoms with van der Waals surface area (Å²) in [4.78, 5) is 12.6. The molecule has 0 radical (unpaired) electrons. The van der Waals surface area contributed by atoms with Gasteiger partial charge < -0.3 is 0 Å². The molecule has 1 heteroatoms. The molecule has 1 aliphatic rings. The lowest BCUT2D eigenvalue weighted by Crippen LogP contribution is -2.24. The number of benzene rings is 1. The summed E-state index contributed by atoms with van der Waals surface area (Å²) in [5.74, 6) is 2.73. The number of Topliss-reactive ketones (excluding diaryl/α,β-unsaturated/α-hetero) is 1. The number of hydrogen-bond donors (Lipinski definition) is 0. The van der Waals surface area contributed by atoms with Crippen LogP contribution in [0.15, 0.2) is 24.3 Å². The predicted octanol–water partition coefficient (Wildman–Crippen LogP) is 5.46. The lowest BCUT2D eigenvalue weighted by molar-refractivity contribution is 0.0859. The van der Waals surface area contributed by atoms with E-state index in [-0.39, 0.29) is 5.92 Å². The second kappa shape index (κ2) is 6.56. The van der Waals surface area contributed by atoms with Crippen LogP contribution in [0.25, 0.3) is 0 Å². The molecule has 0 aromatic heterocycles. The normalized spacial score (nSPS) is 23.3. The van der Waals surface area contributed by atoms with Crippen molar-refractivity contribution in [2.45, 2.75) is 59.3 Å². The van der Waals surface area contributed by atoms with E-state index in [1.165, 1.54) is 18.4 Å². The quantitative estimate of drug-likeness (QED) is 0.666. The predicted molar refractivity (Wildman–Crippen MR) is 85.1 cm³/mol. The average molecular weight is 272 g/mol. The van der Waals surface area contributed by atoms with Crippen LogP contribution < -0.4 is 0 Å². The molecule has 0 saturated heterocycles. The third kappa shape index (κ3) is 3.50. The topological polar surface area (TPSA) is 17.1 Å². The zero-order chi connectivity index (χ0) is 14.7. The van der Waals surface area contributed by atoms with Crippen molar-refractivity contribution in [3.05, 3.63) is 35.4 Å². The van der Waals surface area contributed by atoms with Gasteiger partial charge in [-0.05, 0) is 49.0 Å². The molecule has 1 saturated carbocycles. The average Bonchev–Trinajstić information content (AvgIpc) is 2.46. The Labute approximate surface area is 123 Å². The molecule has 0 spiro atoms. The van der Waals surface area contributed by atoms with Crippen molar-refractivity contribution in [2.75, 3.05) is 0 Å². The zero-order valence-corrected chi connectivity index (χ0v) is 13.4. The van der Waals surface area contributed by atoms with Gasteiger partial charge in [0.05, 0.1) is 0 Å². The number of hydrogen-bond acceptors (Lipinski definition) is 1. The maximum atomic E-state index is 12.6. The van der Waals surface area contributed by atoms with Gasteiger partial charge in [-0.25, -0.2) is 0 Å². The van der Waals surface area contributed by atoms with Gasteiger partial charge in [0.25, 0.3) is 0 Å². The van der Waals surface area contributed by atoms with Crippen LogP contribution in [0.5, 0.6) is 0 Å². The first-order valence-corrected chi connectivity index (χ1v) is 8.13. The Morgan fingerprint density at radius 2 is 1.50 bits per heavy atom. The summed E-state index contributed by atoms with van der Waals surface area (Å²) < 4.78 is 0. The molecule has 1 fully saturated rings. The van der Waals surface area contributed by atoms with Crippen LogP contribution in [0.2, 0.25) is 0 Å². The second-order valence-electron chi connectivity index (χ2n) is 7.00. The van der Waals surface area contributed by atoms with E-state index in [0.717, 1.165) is 30.2 Å². The maximum absolute atomic E-state index is 12.6. The summed E-state index contributed by atoms with van der Waals surface area (Å²) in [5.41, 5.74) is 2.22. The van der Waals surface area contributed by atoms with Crippen molar-refractivity contribution in [3.63, 3.8) is 0 Å². The summed E-state index contributed by atoms with van der Waals surface area (Å²) in [7, 11) is 0. The van der Waals surface area contributed by atoms with Crippen LogP contribution in [-0.4, -0.2) is 5.78 Å². The molecular weight excluding hydrogens is 244 g/mol. The van der Waals surface area contributed by atoms with Crippen LogP contribution in [-0.2, 0) is 0 Å². The fraction of sp³-hybridized carbons (Fsp3) is 0.632. The monoisotopic (exact) mass is 272 g/mol. The SMILES string of the molecule is CC(C)c1ccc(C(=O)C2CCC(C(C)C)CC2)cc1. The summed E-state index contributed by atoms with van der Waals surface area (Å²) in [5, 5.41) is 0. The Morgan fingerprint density at radius 1 is 0.950 bits per heavy atom. The highest BCUT2D eigenvalue weighted by Crippen LogP contribution is 2.34. The van der Waals surface area contributed by atoms with Crippen LogP contribution in [0.4, 0.5) is 0 Å². The lowest BCUT2D eigenvalue weighted by Gasteiger charge is -2.30. The van der Waals surface area contributed by atoms with Crippen molar-refractivity contribution in [2.24, 2.45) is 17.8 Å². The minimum absolute atomic E-state index is 0.259. The van der Waals surface area contributed by atoms with Gasteiger partial charge in [-0.1, -0.05) is 52.0 Å². The third-order valence-corrected chi connectivity index (χ3v) is 4.95. The lowest BCUT2D eigenvalue weighted by atomic mass is 9.75. The first-order valence-electron chi connectivity index (χ1n) is 8.13. The molecule has 0 heterocycles. The van der Waals surface area contributed by atoms with Crippen LogP contribution >= 0.6 is 0 Å². The molecule has 0 unspecified atom stereocenters. The first kappa shape index (κ1) is 15.3. The van der Waals surface area contributed by atoms with Crippen molar-refractivity contribution in [1.29, 1.82) is 0 Å². The molecule has 0 amide bonds. The van der Waals surface area contributed by atoms with E-state index in [0.29, 0.717) is 11.7 Å². The van der Waals surface area contributed by atoms with E-state index in [4.69, 9.17) is 0 Å². The van der Waals surface area contributed by atoms with Crippen LogP contribution in [0.3, 0.4) is 0 Å². The Kier molecular flexibility index (Phi) is 5.01. The molecule has 1 aromatic rings. The smallest absolute Gasteiger partial charge is 0.165 e. The van der Waals surface area contributed by atoms with Gasteiger partial charge in [0, 0.05) is 11.5 Å². The van der Waals surface area contributed by atoms with E-state index in [1.54, 1.807) is 0 Å². The second-order valence-corrected chi connectivity index (χ2v) is 7.00. The van der Waals surface area contributed by atoms with Gasteiger partial charge in [-0.3, -0.25) is 4.79 Å². The molecule has 20 heavy (non-hydrogen) atoms. The van der Waals surface area contributed by atoms with Gasteiger partial charge in [-0.15, -0.1) is 0 Å². The molecular formula is C19H28O. The highest BCUT2D eigenvalue weighted by Gasteiger charge is 2.28. The van der Waals surface area contributed by atoms with Crippen molar-refractivity contribution in [3.8, 4) is 0 Å². The Morgan fingerprint density at radius 3 is 1.95 bits per heavy atom. The fourth-order valence-corrected chi connectivity index (χ4v) is 3.32. The van der Waals surface area contributed by atoms with Crippen molar-refractivity contribution in [1.82, 2.24) is 0 Å². The minimum Gasteiger partial charge on any atom is -0.294 e. The molecule has 1 aliphatic carbocycles. The van der Waals surface area contributed by atoms with Gasteiger partial charge in [0.2, 0.25) is 0 Å². The highest BCUT2D eigenvalue weighted by molar-refractivity contribution is 5.97. The van der Waals surface area contributed by atoms with Crippen molar-refractivity contribution >= 4 is 5.78 Å². The van der Waals surface area contributed by atoms with E-state index >= 15 is 0 Å². The van der Waals surface area contributed by atoms with Gasteiger partial charge >= 0.3 is 0 Å². The van der Waals surface area contributed by atoms with E-state index in [1.807, 2.05) is 12.1 Å². The third-order valence-electron chi connectivity index (χ3n) is 4.95. The Balaban J connectivity index is 1.98. The molecule has 0 atom stereocenters. The summed E-state index contributed by atoms with van der Waals surface area (Å²) >= 11 is 0. The Hall–Kier alpha value is -1.11. The van der Waals surface area contributed by atoms with Gasteiger partial charge in [-0.2, -0.15) is 0 Å². The molecule has 0 aliphatic heterocycles. The number of carbonyl (C=O) groups excluding carboxylic acids is 1. The maximum Gasteiger partial charge on any atom is 0.165 e. The number of carbonyl (C=O) groups is 1. The van der Waals surface area contributed by atoms with Crippen molar-refractivity contribution < 1.29 is 4.79 Å². The molecule has 1 nitrogen and oxygen atoms in total. The Bertz CT molecular complexity index is 433. The summed E-state index contributed by atoms with van der Waals surface area (Å²) in [6.07, 6.45) is 4.59. The zero-order valence-electron chi connectivity index (χ0n) is 13.4. The largest absolute Gasteiger partial charge is 0.294 e. The standard InChI is InChI=1S/C19H28O/c1-13(2)15-5-9-17(10-6-15)19(20)18-11-7-16(8-12-18)14(3)4/h5-6,9-10,13-14,16,18H,7-8,11-12H2,1-4H3. The number of ketones is 1. The molecule has 1 aromatic carbocycles. The number of rotatable bonds is 4. The van der Waals surface area contributed by atoms with E-state index in [9.17, 15) is 4.79 Å². The highest BCUT2D eigenvalue weighted by atomic mass is 16.1. The summed E-state index contributed by atoms with van der Waals surface area (Å²) in [6, 6.07) is 8.26. The van der Waals surface area contributed by atoms with E-state index < -0.39 is 0 Å². The van der Waals surface area contributed by atoms with Gasteiger partial charge in [0.15, 0.2) is 5.78 Å². The molecule has 110 valence electrons. The molecule has 2 rings (SSSR count). The van der Waals surface area contributed by atoms with Crippen LogP contribution in [0, 0.1) is 17.8 Å². The summed E-state index contributed by atoms with van der Waals surface area (Å²) in [6.45, 7) is 8.98. The minimum atomic E-state index is 0.259. The van der Waals surface area contributed by atoms with E-state index in [2.05, 4.69) is 39.8 Å². The molecule has 0 bridgehead atoms. The van der Waals surface area contributed by atoms with Gasteiger partial charge in [0.1, 0.15) is 0 Å². The molecule has 0 N–H and O–H groups in total. The van der Waals surface area contributed by atoms with Crippen LogP contribution in [0.1, 0.15) is 75.2 Å². The first-order chi connectivity index (χ1) is 9.49. The fourth-order valence-electron chi connectivity index (χ4n) is 3.32.